The molecule has 2 nitrogen and oxygen atoms in total. The molecule has 1 aliphatic carbocycles. The van der Waals surface area contributed by atoms with Crippen molar-refractivity contribution in [2.75, 3.05) is 0 Å². The van der Waals surface area contributed by atoms with Crippen LogP contribution >= 0.6 is 0 Å². The second kappa shape index (κ2) is 3.55. The Balaban J connectivity index is 2.45. The molecule has 0 amide bonds. The van der Waals surface area contributed by atoms with Crippen LogP contribution in [0.1, 0.15) is 33.1 Å². The van der Waals surface area contributed by atoms with Gasteiger partial charge in [-0.25, -0.2) is 0 Å². The van der Waals surface area contributed by atoms with E-state index in [2.05, 4.69) is 13.8 Å². The summed E-state index contributed by atoms with van der Waals surface area (Å²) in [7, 11) is 0. The zero-order valence-corrected chi connectivity index (χ0v) is 7.46. The number of aliphatic hydroxyl groups is 1. The minimum Gasteiger partial charge on any atom is -0.393 e. The van der Waals surface area contributed by atoms with E-state index >= 15 is 0 Å². The van der Waals surface area contributed by atoms with E-state index in [-0.39, 0.29) is 12.1 Å². The fraction of sp³-hybridized carbons (Fsp3) is 1.00. The van der Waals surface area contributed by atoms with Crippen LogP contribution in [-0.4, -0.2) is 17.3 Å². The van der Waals surface area contributed by atoms with Crippen LogP contribution in [0.2, 0.25) is 0 Å². The Bertz CT molecular complexity index is 123. The van der Waals surface area contributed by atoms with Crippen molar-refractivity contribution in [1.82, 2.24) is 0 Å². The van der Waals surface area contributed by atoms with Crippen LogP contribution in [0.4, 0.5) is 0 Å². The molecular formula is C9H19NO. The van der Waals surface area contributed by atoms with E-state index in [0.717, 1.165) is 19.3 Å². The molecule has 1 aliphatic rings. The Morgan fingerprint density at radius 1 is 1.55 bits per heavy atom. The molecule has 66 valence electrons. The van der Waals surface area contributed by atoms with Crippen LogP contribution in [0.3, 0.4) is 0 Å². The first-order valence-corrected chi connectivity index (χ1v) is 4.58. The molecule has 0 aliphatic heterocycles. The maximum Gasteiger partial charge on any atom is 0.0586 e. The molecule has 0 aromatic carbocycles. The summed E-state index contributed by atoms with van der Waals surface area (Å²) in [5, 5.41) is 9.58. The quantitative estimate of drug-likeness (QED) is 0.631. The lowest BCUT2D eigenvalue weighted by Gasteiger charge is -2.20. The van der Waals surface area contributed by atoms with Gasteiger partial charge < -0.3 is 10.8 Å². The third-order valence-corrected chi connectivity index (χ3v) is 2.99. The van der Waals surface area contributed by atoms with Crippen molar-refractivity contribution in [2.45, 2.75) is 45.3 Å². The van der Waals surface area contributed by atoms with Gasteiger partial charge in [-0.2, -0.15) is 0 Å². The lowest BCUT2D eigenvalue weighted by atomic mass is 9.89. The van der Waals surface area contributed by atoms with Gasteiger partial charge >= 0.3 is 0 Å². The van der Waals surface area contributed by atoms with Crippen LogP contribution < -0.4 is 5.73 Å². The Morgan fingerprint density at radius 3 is 2.55 bits per heavy atom. The second-order valence-electron chi connectivity index (χ2n) is 3.85. The summed E-state index contributed by atoms with van der Waals surface area (Å²) in [6.45, 7) is 4.37. The van der Waals surface area contributed by atoms with Crippen molar-refractivity contribution in [2.24, 2.45) is 17.6 Å². The molecule has 4 unspecified atom stereocenters. The van der Waals surface area contributed by atoms with Gasteiger partial charge in [-0.15, -0.1) is 0 Å². The third-order valence-electron chi connectivity index (χ3n) is 2.99. The zero-order chi connectivity index (χ0) is 8.43. The number of rotatable bonds is 2. The Labute approximate surface area is 68.8 Å². The van der Waals surface area contributed by atoms with Gasteiger partial charge in [0.05, 0.1) is 6.10 Å². The van der Waals surface area contributed by atoms with E-state index in [1.54, 1.807) is 0 Å². The second-order valence-corrected chi connectivity index (χ2v) is 3.85. The number of aliphatic hydroxyl groups excluding tert-OH is 1. The largest absolute Gasteiger partial charge is 0.393 e. The fourth-order valence-electron chi connectivity index (χ4n) is 2.00. The zero-order valence-electron chi connectivity index (χ0n) is 7.46. The highest BCUT2D eigenvalue weighted by Crippen LogP contribution is 2.32. The minimum absolute atomic E-state index is 0.139. The highest BCUT2D eigenvalue weighted by atomic mass is 16.3. The summed E-state index contributed by atoms with van der Waals surface area (Å²) < 4.78 is 0. The molecule has 0 aromatic heterocycles. The van der Waals surface area contributed by atoms with E-state index < -0.39 is 0 Å². The Hall–Kier alpha value is -0.0800. The monoisotopic (exact) mass is 157 g/mol. The van der Waals surface area contributed by atoms with Crippen molar-refractivity contribution >= 4 is 0 Å². The van der Waals surface area contributed by atoms with Crippen molar-refractivity contribution in [1.29, 1.82) is 0 Å². The highest BCUT2D eigenvalue weighted by molar-refractivity contribution is 4.87. The standard InChI is InChI=1S/C9H19NO/c1-3-6(2)8-4-7(10)5-9(8)11/h6-9,11H,3-5,10H2,1-2H3. The first-order chi connectivity index (χ1) is 5.15. The molecule has 11 heavy (non-hydrogen) atoms. The van der Waals surface area contributed by atoms with E-state index in [9.17, 15) is 5.11 Å². The Kier molecular flexibility index (Phi) is 2.90. The molecule has 0 heterocycles. The lowest BCUT2D eigenvalue weighted by Crippen LogP contribution is -2.19. The van der Waals surface area contributed by atoms with Gasteiger partial charge in [0.25, 0.3) is 0 Å². The fourth-order valence-corrected chi connectivity index (χ4v) is 2.00. The summed E-state index contributed by atoms with van der Waals surface area (Å²) >= 11 is 0. The molecule has 0 radical (unpaired) electrons. The molecule has 1 rings (SSSR count). The van der Waals surface area contributed by atoms with Gasteiger partial charge in [-0.3, -0.25) is 0 Å². The van der Waals surface area contributed by atoms with Crippen LogP contribution in [0.25, 0.3) is 0 Å². The van der Waals surface area contributed by atoms with Gasteiger partial charge in [0.15, 0.2) is 0 Å². The summed E-state index contributed by atoms with van der Waals surface area (Å²) in [6, 6.07) is 0.240. The maximum atomic E-state index is 9.58. The van der Waals surface area contributed by atoms with Gasteiger partial charge in [-0.1, -0.05) is 20.3 Å². The normalized spacial score (nSPS) is 40.9. The smallest absolute Gasteiger partial charge is 0.0586 e. The summed E-state index contributed by atoms with van der Waals surface area (Å²) in [6.07, 6.45) is 2.82. The van der Waals surface area contributed by atoms with E-state index in [1.807, 2.05) is 0 Å². The number of nitrogens with two attached hydrogens (primary N) is 1. The summed E-state index contributed by atoms with van der Waals surface area (Å²) in [4.78, 5) is 0. The topological polar surface area (TPSA) is 46.2 Å². The Morgan fingerprint density at radius 2 is 2.18 bits per heavy atom. The van der Waals surface area contributed by atoms with Crippen molar-refractivity contribution in [3.05, 3.63) is 0 Å². The first-order valence-electron chi connectivity index (χ1n) is 4.58. The maximum absolute atomic E-state index is 9.58. The summed E-state index contributed by atoms with van der Waals surface area (Å²) in [5.74, 6) is 1.08. The molecular weight excluding hydrogens is 138 g/mol. The van der Waals surface area contributed by atoms with Gasteiger partial charge in [0.1, 0.15) is 0 Å². The molecule has 1 fully saturated rings. The van der Waals surface area contributed by atoms with E-state index in [1.165, 1.54) is 0 Å². The lowest BCUT2D eigenvalue weighted by molar-refractivity contribution is 0.101. The molecule has 0 spiro atoms. The first kappa shape index (κ1) is 9.01. The average molecular weight is 157 g/mol. The molecule has 0 saturated heterocycles. The van der Waals surface area contributed by atoms with Crippen molar-refractivity contribution in [3.63, 3.8) is 0 Å². The van der Waals surface area contributed by atoms with Crippen LogP contribution in [0, 0.1) is 11.8 Å². The minimum atomic E-state index is -0.139. The van der Waals surface area contributed by atoms with Gasteiger partial charge in [0.2, 0.25) is 0 Å². The van der Waals surface area contributed by atoms with Crippen LogP contribution in [-0.2, 0) is 0 Å². The number of hydrogen-bond acceptors (Lipinski definition) is 2. The highest BCUT2D eigenvalue weighted by Gasteiger charge is 2.33. The molecule has 2 heteroatoms. The van der Waals surface area contributed by atoms with Crippen LogP contribution in [0.15, 0.2) is 0 Å². The van der Waals surface area contributed by atoms with Gasteiger partial charge in [-0.05, 0) is 24.7 Å². The third kappa shape index (κ3) is 1.94. The van der Waals surface area contributed by atoms with E-state index in [0.29, 0.717) is 11.8 Å². The average Bonchev–Trinajstić information content (AvgIpc) is 2.28. The summed E-state index contributed by atoms with van der Waals surface area (Å²) in [5.41, 5.74) is 5.75. The molecule has 1 saturated carbocycles. The molecule has 4 atom stereocenters. The van der Waals surface area contributed by atoms with E-state index in [4.69, 9.17) is 5.73 Å². The van der Waals surface area contributed by atoms with Crippen molar-refractivity contribution in [3.8, 4) is 0 Å². The van der Waals surface area contributed by atoms with Crippen LogP contribution in [0.5, 0.6) is 0 Å². The predicted molar refractivity (Wildman–Crippen MR) is 46.2 cm³/mol. The molecule has 0 aromatic rings. The number of hydrogen-bond donors (Lipinski definition) is 2. The molecule has 0 bridgehead atoms. The van der Waals surface area contributed by atoms with Crippen molar-refractivity contribution < 1.29 is 5.11 Å². The SMILES string of the molecule is CCC(C)C1CC(N)CC1O. The predicted octanol–water partition coefficient (Wildman–Crippen LogP) is 1.13. The van der Waals surface area contributed by atoms with Gasteiger partial charge in [0, 0.05) is 6.04 Å². The molecule has 3 N–H and O–H groups in total.